The van der Waals surface area contributed by atoms with Crippen molar-refractivity contribution in [1.29, 1.82) is 5.26 Å². The molecule has 0 saturated carbocycles. The maximum Gasteiger partial charge on any atom is 0.422 e. The van der Waals surface area contributed by atoms with E-state index in [-0.39, 0.29) is 17.5 Å². The molecule has 0 bridgehead atoms. The van der Waals surface area contributed by atoms with Crippen molar-refractivity contribution in [1.82, 2.24) is 24.8 Å². The van der Waals surface area contributed by atoms with Gasteiger partial charge in [0.15, 0.2) is 6.61 Å². The second-order valence-electron chi connectivity index (χ2n) is 7.15. The number of nitrogens with zero attached hydrogens (tertiary/aromatic N) is 5. The van der Waals surface area contributed by atoms with Crippen LogP contribution in [0.4, 0.5) is 30.6 Å². The van der Waals surface area contributed by atoms with Gasteiger partial charge in [0.2, 0.25) is 11.8 Å². The van der Waals surface area contributed by atoms with E-state index >= 15 is 0 Å². The number of nitrogens with one attached hydrogen (secondary N) is 3. The van der Waals surface area contributed by atoms with Gasteiger partial charge >= 0.3 is 6.18 Å². The van der Waals surface area contributed by atoms with Crippen LogP contribution in [-0.2, 0) is 13.0 Å². The van der Waals surface area contributed by atoms with Crippen LogP contribution in [0.3, 0.4) is 0 Å². The number of hydrogen-bond donors (Lipinski definition) is 3. The van der Waals surface area contributed by atoms with E-state index in [1.54, 1.807) is 13.1 Å². The maximum atomic E-state index is 12.8. The third-order valence-electron chi connectivity index (χ3n) is 4.83. The first-order chi connectivity index (χ1) is 14.8. The number of aromatic nitrogens is 4. The fourth-order valence-electron chi connectivity index (χ4n) is 3.42. The quantitative estimate of drug-likeness (QED) is 0.564. The predicted molar refractivity (Wildman–Crippen MR) is 107 cm³/mol. The average molecular weight is 432 g/mol. The summed E-state index contributed by atoms with van der Waals surface area (Å²) in [7, 11) is 3.60. The molecule has 1 aliphatic rings. The molecule has 1 aliphatic heterocycles. The van der Waals surface area contributed by atoms with E-state index in [2.05, 4.69) is 41.5 Å². The largest absolute Gasteiger partial charge is 0.467 e. The summed E-state index contributed by atoms with van der Waals surface area (Å²) >= 11 is 0. The minimum Gasteiger partial charge on any atom is -0.467 e. The first-order valence-corrected chi connectivity index (χ1v) is 9.42. The molecular weight excluding hydrogens is 413 g/mol. The highest BCUT2D eigenvalue weighted by Gasteiger charge is 2.30. The van der Waals surface area contributed by atoms with Gasteiger partial charge in [0.1, 0.15) is 23.2 Å². The molecule has 162 valence electrons. The Morgan fingerprint density at radius 1 is 1.32 bits per heavy atom. The number of halogens is 3. The van der Waals surface area contributed by atoms with E-state index < -0.39 is 12.8 Å². The first-order valence-electron chi connectivity index (χ1n) is 9.42. The van der Waals surface area contributed by atoms with Crippen molar-refractivity contribution in [3.63, 3.8) is 0 Å². The minimum atomic E-state index is -4.50. The molecule has 0 aliphatic carbocycles. The Hall–Kier alpha value is -3.59. The summed E-state index contributed by atoms with van der Waals surface area (Å²) in [6.45, 7) is -0.0948. The summed E-state index contributed by atoms with van der Waals surface area (Å²) < 4.78 is 43.3. The van der Waals surface area contributed by atoms with Crippen LogP contribution in [0.5, 0.6) is 5.88 Å². The van der Waals surface area contributed by atoms with Crippen LogP contribution in [0.1, 0.15) is 16.8 Å². The molecule has 0 unspecified atom stereocenters. The van der Waals surface area contributed by atoms with Crippen LogP contribution in [-0.4, -0.2) is 58.3 Å². The van der Waals surface area contributed by atoms with Crippen molar-refractivity contribution < 1.29 is 17.9 Å². The topological polar surface area (TPSA) is 115 Å². The lowest BCUT2D eigenvalue weighted by Crippen LogP contribution is -2.28. The Labute approximate surface area is 175 Å². The van der Waals surface area contributed by atoms with Crippen molar-refractivity contribution in [3.05, 3.63) is 29.1 Å². The molecule has 9 nitrogen and oxygen atoms in total. The van der Waals surface area contributed by atoms with Crippen molar-refractivity contribution in [2.24, 2.45) is 0 Å². The van der Waals surface area contributed by atoms with Crippen LogP contribution < -0.4 is 15.4 Å². The van der Waals surface area contributed by atoms with Crippen molar-refractivity contribution >= 4 is 28.5 Å². The summed E-state index contributed by atoms with van der Waals surface area (Å²) in [5.41, 5.74) is 2.60. The highest BCUT2D eigenvalue weighted by molar-refractivity contribution is 5.93. The fraction of sp³-hybridized carbons (Fsp3) is 0.368. The second kappa shape index (κ2) is 7.92. The zero-order valence-electron chi connectivity index (χ0n) is 16.8. The lowest BCUT2D eigenvalue weighted by atomic mass is 10.1. The highest BCUT2D eigenvalue weighted by Crippen LogP contribution is 2.32. The molecule has 0 atom stereocenters. The standard InChI is InChI=1S/C19H19F3N8O/c1-24-15-14-11(6-23)7-25-16(14)29-18(28-15)27-13-5-10-8-30(2)4-3-12(10)26-17(13)31-9-19(20,21)22/h5,7H,3-4,8-9H2,1-2H3,(H3,24,25,27,28,29). The molecule has 0 aromatic carbocycles. The highest BCUT2D eigenvalue weighted by atomic mass is 19.4. The van der Waals surface area contributed by atoms with Gasteiger partial charge < -0.3 is 25.3 Å². The summed E-state index contributed by atoms with van der Waals surface area (Å²) in [4.78, 5) is 18.0. The van der Waals surface area contributed by atoms with Gasteiger partial charge in [0.25, 0.3) is 0 Å². The number of H-pyrrole nitrogens is 1. The summed E-state index contributed by atoms with van der Waals surface area (Å²) in [5.74, 6) is 0.346. The van der Waals surface area contributed by atoms with Gasteiger partial charge in [-0.15, -0.1) is 0 Å². The average Bonchev–Trinajstić information content (AvgIpc) is 3.14. The van der Waals surface area contributed by atoms with Crippen LogP contribution in [0, 0.1) is 11.3 Å². The summed E-state index contributed by atoms with van der Waals surface area (Å²) in [6.07, 6.45) is -2.37. The molecule has 31 heavy (non-hydrogen) atoms. The third-order valence-corrected chi connectivity index (χ3v) is 4.83. The molecule has 3 aromatic rings. The van der Waals surface area contributed by atoms with E-state index in [1.165, 1.54) is 6.20 Å². The Morgan fingerprint density at radius 3 is 2.84 bits per heavy atom. The maximum absolute atomic E-state index is 12.8. The fourth-order valence-corrected chi connectivity index (χ4v) is 3.42. The molecule has 0 spiro atoms. The van der Waals surface area contributed by atoms with Gasteiger partial charge in [-0.3, -0.25) is 0 Å². The zero-order chi connectivity index (χ0) is 22.2. The van der Waals surface area contributed by atoms with Crippen LogP contribution in [0.25, 0.3) is 11.0 Å². The van der Waals surface area contributed by atoms with E-state index in [1.807, 2.05) is 7.05 Å². The number of anilines is 3. The van der Waals surface area contributed by atoms with Crippen molar-refractivity contribution in [2.45, 2.75) is 19.1 Å². The number of aromatic amines is 1. The van der Waals surface area contributed by atoms with Crippen molar-refractivity contribution in [3.8, 4) is 11.9 Å². The summed E-state index contributed by atoms with van der Waals surface area (Å²) in [6, 6.07) is 3.77. The molecule has 4 heterocycles. The van der Waals surface area contributed by atoms with E-state index in [9.17, 15) is 18.4 Å². The summed E-state index contributed by atoms with van der Waals surface area (Å²) in [5, 5.41) is 15.6. The number of alkyl halides is 3. The SMILES string of the molecule is CNc1nc(Nc2cc3c(nc2OCC(F)(F)F)CCN(C)C3)nc2[nH]cc(C#N)c12. The van der Waals surface area contributed by atoms with E-state index in [0.717, 1.165) is 12.1 Å². The van der Waals surface area contributed by atoms with Crippen LogP contribution >= 0.6 is 0 Å². The lowest BCUT2D eigenvalue weighted by molar-refractivity contribution is -0.154. The lowest BCUT2D eigenvalue weighted by Gasteiger charge is -2.25. The number of pyridine rings is 1. The van der Waals surface area contributed by atoms with E-state index in [4.69, 9.17) is 4.74 Å². The molecule has 3 N–H and O–H groups in total. The minimum absolute atomic E-state index is 0.117. The number of fused-ring (bicyclic) bond motifs is 2. The smallest absolute Gasteiger partial charge is 0.422 e. The molecule has 0 saturated heterocycles. The predicted octanol–water partition coefficient (Wildman–Crippen LogP) is 2.94. The molecule has 0 amide bonds. The monoisotopic (exact) mass is 432 g/mol. The molecule has 0 fully saturated rings. The van der Waals surface area contributed by atoms with Crippen molar-refractivity contribution in [2.75, 3.05) is 37.9 Å². The Morgan fingerprint density at radius 2 is 2.13 bits per heavy atom. The number of hydrogen-bond acceptors (Lipinski definition) is 8. The third kappa shape index (κ3) is 4.31. The Balaban J connectivity index is 1.74. The molecular formula is C19H19F3N8O. The Bertz CT molecular complexity index is 1170. The number of nitriles is 1. The molecule has 4 rings (SSSR count). The van der Waals surface area contributed by atoms with Gasteiger partial charge in [-0.05, 0) is 18.7 Å². The number of likely N-dealkylation sites (N-methyl/N-ethyl adjacent to an activating group) is 1. The van der Waals surface area contributed by atoms with Gasteiger partial charge in [0.05, 0.1) is 16.6 Å². The molecule has 0 radical (unpaired) electrons. The van der Waals surface area contributed by atoms with Crippen LogP contribution in [0.15, 0.2) is 12.3 Å². The van der Waals surface area contributed by atoms with Crippen LogP contribution in [0.2, 0.25) is 0 Å². The van der Waals surface area contributed by atoms with Gasteiger partial charge in [0, 0.05) is 32.8 Å². The Kier molecular flexibility index (Phi) is 5.28. The molecule has 3 aromatic heterocycles. The first kappa shape index (κ1) is 20.7. The second-order valence-corrected chi connectivity index (χ2v) is 7.15. The zero-order valence-corrected chi connectivity index (χ0v) is 16.8. The number of rotatable bonds is 5. The number of ether oxygens (including phenoxy) is 1. The van der Waals surface area contributed by atoms with E-state index in [0.29, 0.717) is 41.1 Å². The molecule has 12 heteroatoms. The van der Waals surface area contributed by atoms with Gasteiger partial charge in [-0.25, -0.2) is 4.98 Å². The normalized spacial score (nSPS) is 14.2. The van der Waals surface area contributed by atoms with Gasteiger partial charge in [-0.2, -0.15) is 28.4 Å². The van der Waals surface area contributed by atoms with Gasteiger partial charge in [-0.1, -0.05) is 0 Å².